The van der Waals surface area contributed by atoms with Crippen LogP contribution < -0.4 is 10.5 Å². The van der Waals surface area contributed by atoms with E-state index < -0.39 is 10.0 Å². The van der Waals surface area contributed by atoms with Gasteiger partial charge in [-0.3, -0.25) is 9.40 Å². The van der Waals surface area contributed by atoms with Gasteiger partial charge in [0, 0.05) is 12.7 Å². The summed E-state index contributed by atoms with van der Waals surface area (Å²) in [5.74, 6) is 0. The molecule has 0 spiro atoms. The molecule has 0 radical (unpaired) electrons. The van der Waals surface area contributed by atoms with E-state index in [-0.39, 0.29) is 4.90 Å². The van der Waals surface area contributed by atoms with Crippen molar-refractivity contribution in [1.29, 1.82) is 0 Å². The Bertz CT molecular complexity index is 707. The summed E-state index contributed by atoms with van der Waals surface area (Å²) in [5.41, 5.74) is 7.94. The summed E-state index contributed by atoms with van der Waals surface area (Å²) in [6, 6.07) is 5.55. The molecule has 20 heavy (non-hydrogen) atoms. The van der Waals surface area contributed by atoms with Crippen LogP contribution in [0.5, 0.6) is 0 Å². The minimum Gasteiger partial charge on any atom is -0.329 e. The molecule has 0 aliphatic carbocycles. The molecular formula is C13H18N4O2S. The van der Waals surface area contributed by atoms with Gasteiger partial charge in [0.15, 0.2) is 0 Å². The van der Waals surface area contributed by atoms with Crippen LogP contribution in [0, 0.1) is 13.8 Å². The normalized spacial score (nSPS) is 11.6. The number of nitrogens with two attached hydrogens (primary N) is 1. The van der Waals surface area contributed by atoms with Crippen molar-refractivity contribution < 1.29 is 8.42 Å². The van der Waals surface area contributed by atoms with Gasteiger partial charge in [0.2, 0.25) is 0 Å². The first kappa shape index (κ1) is 14.5. The van der Waals surface area contributed by atoms with E-state index in [1.54, 1.807) is 6.07 Å². The van der Waals surface area contributed by atoms with E-state index in [0.717, 1.165) is 11.1 Å². The van der Waals surface area contributed by atoms with Crippen molar-refractivity contribution in [3.05, 3.63) is 41.7 Å². The number of anilines is 1. The molecule has 1 aromatic heterocycles. The van der Waals surface area contributed by atoms with Crippen LogP contribution in [-0.4, -0.2) is 24.7 Å². The van der Waals surface area contributed by atoms with Crippen molar-refractivity contribution in [2.45, 2.75) is 25.3 Å². The quantitative estimate of drug-likeness (QED) is 0.868. The highest BCUT2D eigenvalue weighted by atomic mass is 32.2. The van der Waals surface area contributed by atoms with Crippen LogP contribution in [0.25, 0.3) is 0 Å². The highest BCUT2D eigenvalue weighted by Crippen LogP contribution is 2.20. The largest absolute Gasteiger partial charge is 0.329 e. The zero-order chi connectivity index (χ0) is 14.8. The van der Waals surface area contributed by atoms with E-state index in [9.17, 15) is 8.42 Å². The van der Waals surface area contributed by atoms with Gasteiger partial charge in [-0.25, -0.2) is 8.42 Å². The van der Waals surface area contributed by atoms with Crippen molar-refractivity contribution in [2.24, 2.45) is 5.73 Å². The van der Waals surface area contributed by atoms with Gasteiger partial charge in [0.05, 0.1) is 18.4 Å². The van der Waals surface area contributed by atoms with E-state index in [2.05, 4.69) is 9.82 Å². The fourth-order valence-electron chi connectivity index (χ4n) is 1.87. The zero-order valence-corrected chi connectivity index (χ0v) is 12.3. The average Bonchev–Trinajstić information content (AvgIpc) is 2.83. The highest BCUT2D eigenvalue weighted by Gasteiger charge is 2.17. The van der Waals surface area contributed by atoms with Crippen LogP contribution in [0.3, 0.4) is 0 Å². The Morgan fingerprint density at radius 1 is 1.35 bits per heavy atom. The topological polar surface area (TPSA) is 90.0 Å². The van der Waals surface area contributed by atoms with E-state index in [4.69, 9.17) is 5.73 Å². The number of rotatable bonds is 5. The third kappa shape index (κ3) is 3.17. The molecule has 108 valence electrons. The minimum atomic E-state index is -3.62. The van der Waals surface area contributed by atoms with Crippen LogP contribution >= 0.6 is 0 Å². The number of benzene rings is 1. The predicted molar refractivity (Wildman–Crippen MR) is 78.0 cm³/mol. The summed E-state index contributed by atoms with van der Waals surface area (Å²) >= 11 is 0. The number of hydrogen-bond acceptors (Lipinski definition) is 4. The molecule has 1 aromatic carbocycles. The molecule has 0 atom stereocenters. The first-order valence-electron chi connectivity index (χ1n) is 6.25. The van der Waals surface area contributed by atoms with Crippen molar-refractivity contribution >= 4 is 15.7 Å². The molecule has 0 bridgehead atoms. The average molecular weight is 294 g/mol. The lowest BCUT2D eigenvalue weighted by Crippen LogP contribution is -2.13. The summed E-state index contributed by atoms with van der Waals surface area (Å²) in [6.45, 7) is 4.72. The van der Waals surface area contributed by atoms with Crippen LogP contribution in [0.2, 0.25) is 0 Å². The molecule has 0 saturated heterocycles. The van der Waals surface area contributed by atoms with Gasteiger partial charge in [-0.05, 0) is 25.5 Å². The summed E-state index contributed by atoms with van der Waals surface area (Å²) in [4.78, 5) is 0.130. The molecular weight excluding hydrogens is 276 g/mol. The number of aryl methyl sites for hydroxylation is 2. The van der Waals surface area contributed by atoms with Crippen molar-refractivity contribution in [3.63, 3.8) is 0 Å². The molecule has 7 heteroatoms. The highest BCUT2D eigenvalue weighted by molar-refractivity contribution is 7.92. The maximum Gasteiger partial charge on any atom is 0.265 e. The zero-order valence-electron chi connectivity index (χ0n) is 11.5. The van der Waals surface area contributed by atoms with Crippen LogP contribution in [0.4, 0.5) is 5.69 Å². The van der Waals surface area contributed by atoms with Gasteiger partial charge in [-0.1, -0.05) is 17.7 Å². The van der Waals surface area contributed by atoms with Gasteiger partial charge in [0.1, 0.15) is 4.90 Å². The Hall–Kier alpha value is -1.86. The number of aromatic nitrogens is 2. The molecule has 2 aromatic rings. The maximum atomic E-state index is 12.3. The second-order valence-corrected chi connectivity index (χ2v) is 6.33. The number of hydrogen-bond donors (Lipinski definition) is 2. The van der Waals surface area contributed by atoms with Gasteiger partial charge >= 0.3 is 0 Å². The lowest BCUT2D eigenvalue weighted by Gasteiger charge is -2.09. The molecule has 0 amide bonds. The molecule has 0 fully saturated rings. The number of nitrogens with one attached hydrogen (secondary N) is 1. The maximum absolute atomic E-state index is 12.3. The Labute approximate surface area is 118 Å². The number of sulfonamides is 1. The lowest BCUT2D eigenvalue weighted by molar-refractivity contribution is 0.599. The van der Waals surface area contributed by atoms with E-state index in [0.29, 0.717) is 18.8 Å². The van der Waals surface area contributed by atoms with Crippen LogP contribution in [-0.2, 0) is 16.6 Å². The SMILES string of the molecule is Cc1ccc(NS(=O)(=O)c2cnn(CCN)c2)c(C)c1. The fraction of sp³-hybridized carbons (Fsp3) is 0.308. The van der Waals surface area contributed by atoms with E-state index >= 15 is 0 Å². The molecule has 0 saturated carbocycles. The van der Waals surface area contributed by atoms with E-state index in [1.165, 1.54) is 17.1 Å². The van der Waals surface area contributed by atoms with Crippen molar-refractivity contribution in [1.82, 2.24) is 9.78 Å². The number of nitrogens with zero attached hydrogens (tertiary/aromatic N) is 2. The van der Waals surface area contributed by atoms with Crippen molar-refractivity contribution in [3.8, 4) is 0 Å². The van der Waals surface area contributed by atoms with Crippen LogP contribution in [0.1, 0.15) is 11.1 Å². The Morgan fingerprint density at radius 2 is 2.10 bits per heavy atom. The summed E-state index contributed by atoms with van der Waals surface area (Å²) < 4.78 is 28.6. The summed E-state index contributed by atoms with van der Waals surface area (Å²) in [6.07, 6.45) is 2.79. The molecule has 2 rings (SSSR count). The predicted octanol–water partition coefficient (Wildman–Crippen LogP) is 1.26. The minimum absolute atomic E-state index is 0.130. The monoisotopic (exact) mass is 294 g/mol. The van der Waals surface area contributed by atoms with Crippen LogP contribution in [0.15, 0.2) is 35.5 Å². The smallest absolute Gasteiger partial charge is 0.265 e. The summed E-state index contributed by atoms with van der Waals surface area (Å²) in [5, 5.41) is 3.97. The lowest BCUT2D eigenvalue weighted by atomic mass is 10.1. The first-order chi connectivity index (χ1) is 9.42. The molecule has 0 aliphatic heterocycles. The second kappa shape index (κ2) is 5.64. The van der Waals surface area contributed by atoms with Crippen molar-refractivity contribution in [2.75, 3.05) is 11.3 Å². The Kier molecular flexibility index (Phi) is 4.10. The molecule has 3 N–H and O–H groups in total. The fourth-order valence-corrected chi connectivity index (χ4v) is 2.95. The molecule has 0 aliphatic rings. The van der Waals surface area contributed by atoms with Gasteiger partial charge in [-0.15, -0.1) is 0 Å². The summed E-state index contributed by atoms with van der Waals surface area (Å²) in [7, 11) is -3.62. The first-order valence-corrected chi connectivity index (χ1v) is 7.73. The third-order valence-electron chi connectivity index (χ3n) is 2.90. The second-order valence-electron chi connectivity index (χ2n) is 4.65. The Balaban J connectivity index is 2.26. The Morgan fingerprint density at radius 3 is 2.75 bits per heavy atom. The van der Waals surface area contributed by atoms with Gasteiger partial charge < -0.3 is 5.73 Å². The van der Waals surface area contributed by atoms with E-state index in [1.807, 2.05) is 26.0 Å². The van der Waals surface area contributed by atoms with Gasteiger partial charge in [-0.2, -0.15) is 5.10 Å². The third-order valence-corrected chi connectivity index (χ3v) is 4.22. The molecule has 6 nitrogen and oxygen atoms in total. The molecule has 0 unspecified atom stereocenters. The van der Waals surface area contributed by atoms with Gasteiger partial charge in [0.25, 0.3) is 10.0 Å². The standard InChI is InChI=1S/C13H18N4O2S/c1-10-3-4-13(11(2)7-10)16-20(18,19)12-8-15-17(9-12)6-5-14/h3-4,7-9,16H,5-6,14H2,1-2H3. The molecule has 1 heterocycles.